The molecule has 3 aromatic rings. The zero-order valence-corrected chi connectivity index (χ0v) is 17.1. The van der Waals surface area contributed by atoms with E-state index >= 15 is 0 Å². The first-order valence-corrected chi connectivity index (χ1v) is 9.38. The van der Waals surface area contributed by atoms with Gasteiger partial charge in [-0.2, -0.15) is 5.10 Å². The van der Waals surface area contributed by atoms with Crippen LogP contribution in [-0.2, 0) is 6.54 Å². The van der Waals surface area contributed by atoms with Crippen LogP contribution in [0.4, 0.5) is 5.69 Å². The molecule has 2 aromatic carbocycles. The number of benzene rings is 2. The van der Waals surface area contributed by atoms with E-state index in [0.29, 0.717) is 12.1 Å². The van der Waals surface area contributed by atoms with Crippen molar-refractivity contribution in [3.8, 4) is 0 Å². The third-order valence-electron chi connectivity index (χ3n) is 3.98. The number of nitrogens with one attached hydrogen (secondary N) is 1. The molecule has 0 bridgehead atoms. The Hall–Kier alpha value is -1.92. The lowest BCUT2D eigenvalue weighted by atomic mass is 10.2. The zero-order valence-electron chi connectivity index (χ0n) is 13.9. The predicted octanol–water partition coefficient (Wildman–Crippen LogP) is 5.33. The number of halogens is 2. The van der Waals surface area contributed by atoms with Crippen LogP contribution in [0.3, 0.4) is 0 Å². The van der Waals surface area contributed by atoms with Crippen molar-refractivity contribution < 1.29 is 4.79 Å². The standard InChI is InChI=1S/C19H17Br2N3O/c1-12-18(22-19(25)16-5-3-4-6-17(16)21)13(2)24(23-12)11-14-7-9-15(20)10-8-14/h3-10H,11H2,1-2H3,(H,22,25). The van der Waals surface area contributed by atoms with E-state index < -0.39 is 0 Å². The second-order valence-electron chi connectivity index (χ2n) is 5.76. The van der Waals surface area contributed by atoms with Crippen molar-refractivity contribution in [3.05, 3.63) is 80.0 Å². The first-order chi connectivity index (χ1) is 12.0. The number of amides is 1. The van der Waals surface area contributed by atoms with Crippen molar-refractivity contribution in [2.45, 2.75) is 20.4 Å². The number of rotatable bonds is 4. The Kier molecular flexibility index (Phi) is 5.39. The molecule has 0 unspecified atom stereocenters. The van der Waals surface area contributed by atoms with E-state index in [4.69, 9.17) is 0 Å². The molecule has 1 heterocycles. The molecule has 0 aliphatic carbocycles. The molecule has 128 valence electrons. The molecule has 4 nitrogen and oxygen atoms in total. The summed E-state index contributed by atoms with van der Waals surface area (Å²) in [6, 6.07) is 15.5. The van der Waals surface area contributed by atoms with E-state index in [1.165, 1.54) is 0 Å². The highest BCUT2D eigenvalue weighted by Crippen LogP contribution is 2.23. The number of nitrogens with zero attached hydrogens (tertiary/aromatic N) is 2. The van der Waals surface area contributed by atoms with Crippen molar-refractivity contribution in [3.63, 3.8) is 0 Å². The Morgan fingerprint density at radius 1 is 1.08 bits per heavy atom. The number of aryl methyl sites for hydroxylation is 1. The summed E-state index contributed by atoms with van der Waals surface area (Å²) in [6.07, 6.45) is 0. The molecule has 3 rings (SSSR count). The Balaban J connectivity index is 1.83. The first-order valence-electron chi connectivity index (χ1n) is 7.80. The van der Waals surface area contributed by atoms with Crippen LogP contribution in [0.15, 0.2) is 57.5 Å². The smallest absolute Gasteiger partial charge is 0.256 e. The molecule has 1 aromatic heterocycles. The fraction of sp³-hybridized carbons (Fsp3) is 0.158. The number of aromatic nitrogens is 2. The molecule has 0 spiro atoms. The van der Waals surface area contributed by atoms with Crippen LogP contribution in [0.1, 0.15) is 27.3 Å². The second kappa shape index (κ2) is 7.54. The fourth-order valence-electron chi connectivity index (χ4n) is 2.62. The molecular weight excluding hydrogens is 446 g/mol. The summed E-state index contributed by atoms with van der Waals surface area (Å²) in [7, 11) is 0. The quantitative estimate of drug-likeness (QED) is 0.569. The largest absolute Gasteiger partial charge is 0.319 e. The van der Waals surface area contributed by atoms with Crippen LogP contribution in [0, 0.1) is 13.8 Å². The topological polar surface area (TPSA) is 46.9 Å². The van der Waals surface area contributed by atoms with Gasteiger partial charge in [0.15, 0.2) is 0 Å². The molecule has 1 N–H and O–H groups in total. The summed E-state index contributed by atoms with van der Waals surface area (Å²) in [4.78, 5) is 12.6. The van der Waals surface area contributed by atoms with Gasteiger partial charge in [-0.25, -0.2) is 0 Å². The molecule has 0 atom stereocenters. The summed E-state index contributed by atoms with van der Waals surface area (Å²) in [6.45, 7) is 4.53. The Morgan fingerprint density at radius 2 is 1.76 bits per heavy atom. The SMILES string of the molecule is Cc1nn(Cc2ccc(Br)cc2)c(C)c1NC(=O)c1ccccc1Br. The highest BCUT2D eigenvalue weighted by Gasteiger charge is 2.16. The lowest BCUT2D eigenvalue weighted by Crippen LogP contribution is -2.14. The number of hydrogen-bond donors (Lipinski definition) is 1. The van der Waals surface area contributed by atoms with Crippen molar-refractivity contribution in [2.24, 2.45) is 0 Å². The lowest BCUT2D eigenvalue weighted by Gasteiger charge is -2.08. The maximum absolute atomic E-state index is 12.6. The summed E-state index contributed by atoms with van der Waals surface area (Å²) in [5.41, 5.74) is 4.24. The average molecular weight is 463 g/mol. The molecule has 0 aliphatic heterocycles. The molecule has 25 heavy (non-hydrogen) atoms. The summed E-state index contributed by atoms with van der Waals surface area (Å²) in [5.74, 6) is -0.151. The maximum atomic E-state index is 12.6. The Labute approximate surface area is 163 Å². The first kappa shape index (κ1) is 17.9. The Bertz CT molecular complexity index is 917. The van der Waals surface area contributed by atoms with Gasteiger partial charge in [-0.15, -0.1) is 0 Å². The highest BCUT2D eigenvalue weighted by atomic mass is 79.9. The number of anilines is 1. The minimum absolute atomic E-state index is 0.151. The Morgan fingerprint density at radius 3 is 2.44 bits per heavy atom. The van der Waals surface area contributed by atoms with E-state index in [-0.39, 0.29) is 5.91 Å². The highest BCUT2D eigenvalue weighted by molar-refractivity contribution is 9.10. The van der Waals surface area contributed by atoms with Crippen molar-refractivity contribution in [1.29, 1.82) is 0 Å². The van der Waals surface area contributed by atoms with E-state index in [0.717, 1.165) is 31.6 Å². The zero-order chi connectivity index (χ0) is 18.0. The minimum Gasteiger partial charge on any atom is -0.319 e. The number of carbonyl (C=O) groups excluding carboxylic acids is 1. The van der Waals surface area contributed by atoms with Gasteiger partial charge in [0.25, 0.3) is 5.91 Å². The third-order valence-corrected chi connectivity index (χ3v) is 5.20. The van der Waals surface area contributed by atoms with Crippen molar-refractivity contribution in [2.75, 3.05) is 5.32 Å². The minimum atomic E-state index is -0.151. The van der Waals surface area contributed by atoms with Crippen LogP contribution >= 0.6 is 31.9 Å². The van der Waals surface area contributed by atoms with Gasteiger partial charge in [-0.05, 0) is 59.6 Å². The van der Waals surface area contributed by atoms with Gasteiger partial charge in [-0.3, -0.25) is 9.48 Å². The molecular formula is C19H17Br2N3O. The van der Waals surface area contributed by atoms with Gasteiger partial charge < -0.3 is 5.32 Å². The van der Waals surface area contributed by atoms with E-state index in [1.807, 2.05) is 48.9 Å². The van der Waals surface area contributed by atoms with Crippen LogP contribution in [0.2, 0.25) is 0 Å². The van der Waals surface area contributed by atoms with Gasteiger partial charge in [-0.1, -0.05) is 40.2 Å². The molecule has 0 saturated carbocycles. The van der Waals surface area contributed by atoms with E-state index in [1.54, 1.807) is 6.07 Å². The molecule has 6 heteroatoms. The normalized spacial score (nSPS) is 10.7. The maximum Gasteiger partial charge on any atom is 0.256 e. The van der Waals surface area contributed by atoms with Crippen LogP contribution in [0.25, 0.3) is 0 Å². The van der Waals surface area contributed by atoms with E-state index in [2.05, 4.69) is 54.4 Å². The molecule has 0 radical (unpaired) electrons. The molecule has 0 aliphatic rings. The van der Waals surface area contributed by atoms with Crippen LogP contribution in [-0.4, -0.2) is 15.7 Å². The van der Waals surface area contributed by atoms with Gasteiger partial charge in [0, 0.05) is 8.95 Å². The summed E-state index contributed by atoms with van der Waals surface area (Å²) in [5, 5.41) is 7.57. The molecule has 0 saturated heterocycles. The van der Waals surface area contributed by atoms with Crippen molar-refractivity contribution in [1.82, 2.24) is 9.78 Å². The molecule has 1 amide bonds. The van der Waals surface area contributed by atoms with Crippen LogP contribution in [0.5, 0.6) is 0 Å². The van der Waals surface area contributed by atoms with Gasteiger partial charge >= 0.3 is 0 Å². The fourth-order valence-corrected chi connectivity index (χ4v) is 3.35. The molecule has 0 fully saturated rings. The van der Waals surface area contributed by atoms with E-state index in [9.17, 15) is 4.79 Å². The van der Waals surface area contributed by atoms with Gasteiger partial charge in [0.05, 0.1) is 29.2 Å². The number of hydrogen-bond acceptors (Lipinski definition) is 2. The predicted molar refractivity (Wildman–Crippen MR) is 107 cm³/mol. The number of carbonyl (C=O) groups is 1. The van der Waals surface area contributed by atoms with Gasteiger partial charge in [0.2, 0.25) is 0 Å². The summed E-state index contributed by atoms with van der Waals surface area (Å²) < 4.78 is 3.73. The average Bonchev–Trinajstić information content (AvgIpc) is 2.85. The monoisotopic (exact) mass is 461 g/mol. The summed E-state index contributed by atoms with van der Waals surface area (Å²) >= 11 is 6.86. The van der Waals surface area contributed by atoms with Gasteiger partial charge in [0.1, 0.15) is 0 Å². The lowest BCUT2D eigenvalue weighted by molar-refractivity contribution is 0.102. The van der Waals surface area contributed by atoms with Crippen molar-refractivity contribution >= 4 is 43.5 Å². The van der Waals surface area contributed by atoms with Crippen LogP contribution < -0.4 is 5.32 Å². The second-order valence-corrected chi connectivity index (χ2v) is 7.53. The third kappa shape index (κ3) is 4.02.